The minimum Gasteiger partial charge on any atom is -0.348 e. The normalized spacial score (nSPS) is 16.9. The third kappa shape index (κ3) is 3.29. The quantitative estimate of drug-likeness (QED) is 0.936. The molecule has 1 heterocycles. The Balaban J connectivity index is 1.90. The lowest BCUT2D eigenvalue weighted by Gasteiger charge is -2.24. The first-order valence-electron chi connectivity index (χ1n) is 8.03. The van der Waals surface area contributed by atoms with Crippen LogP contribution in [0.5, 0.6) is 0 Å². The zero-order chi connectivity index (χ0) is 16.4. The van der Waals surface area contributed by atoms with Gasteiger partial charge in [-0.15, -0.1) is 0 Å². The number of hydrogen-bond acceptors (Lipinski definition) is 3. The zero-order valence-electron chi connectivity index (χ0n) is 13.9. The van der Waals surface area contributed by atoms with Gasteiger partial charge in [-0.3, -0.25) is 4.79 Å². The molecule has 1 aliphatic rings. The van der Waals surface area contributed by atoms with E-state index >= 15 is 0 Å². The first-order chi connectivity index (χ1) is 11.1. The molecular formula is C18H23N3OS. The van der Waals surface area contributed by atoms with Crippen molar-refractivity contribution in [1.29, 1.82) is 0 Å². The lowest BCUT2D eigenvalue weighted by molar-refractivity contribution is -0.119. The smallest absolute Gasteiger partial charge is 0.230 e. The maximum atomic E-state index is 11.9. The summed E-state index contributed by atoms with van der Waals surface area (Å²) < 4.78 is 2.04. The Kier molecular flexibility index (Phi) is 4.76. The van der Waals surface area contributed by atoms with Gasteiger partial charge < -0.3 is 5.32 Å². The SMILES string of the molecule is CSCC(=O)NC1CCCc2c1cnn2-c1ccc(C)c(C)c1. The summed E-state index contributed by atoms with van der Waals surface area (Å²) in [7, 11) is 0. The second kappa shape index (κ2) is 6.79. The monoisotopic (exact) mass is 329 g/mol. The lowest BCUT2D eigenvalue weighted by atomic mass is 9.93. The highest BCUT2D eigenvalue weighted by atomic mass is 32.2. The van der Waals surface area contributed by atoms with E-state index in [0.717, 1.165) is 24.9 Å². The maximum absolute atomic E-state index is 11.9. The number of hydrogen-bond donors (Lipinski definition) is 1. The molecule has 0 radical (unpaired) electrons. The van der Waals surface area contributed by atoms with Gasteiger partial charge in [-0.25, -0.2) is 4.68 Å². The Morgan fingerprint density at radius 2 is 2.22 bits per heavy atom. The highest BCUT2D eigenvalue weighted by molar-refractivity contribution is 7.99. The Bertz CT molecular complexity index is 723. The van der Waals surface area contributed by atoms with E-state index < -0.39 is 0 Å². The molecule has 1 aromatic carbocycles. The van der Waals surface area contributed by atoms with Crippen LogP contribution >= 0.6 is 11.8 Å². The fourth-order valence-electron chi connectivity index (χ4n) is 3.15. The molecule has 0 saturated heterocycles. The van der Waals surface area contributed by atoms with E-state index in [1.807, 2.05) is 17.1 Å². The van der Waals surface area contributed by atoms with Crippen LogP contribution < -0.4 is 5.32 Å². The second-order valence-corrected chi connectivity index (χ2v) is 7.04. The third-order valence-corrected chi connectivity index (χ3v) is 5.08. The van der Waals surface area contributed by atoms with Gasteiger partial charge in [0.15, 0.2) is 0 Å². The molecule has 1 N–H and O–H groups in total. The molecule has 5 heteroatoms. The van der Waals surface area contributed by atoms with E-state index in [0.29, 0.717) is 5.75 Å². The predicted molar refractivity (Wildman–Crippen MR) is 95.2 cm³/mol. The number of aryl methyl sites for hydroxylation is 2. The van der Waals surface area contributed by atoms with Crippen molar-refractivity contribution >= 4 is 17.7 Å². The van der Waals surface area contributed by atoms with E-state index in [1.165, 1.54) is 22.4 Å². The molecule has 1 unspecified atom stereocenters. The van der Waals surface area contributed by atoms with E-state index in [-0.39, 0.29) is 11.9 Å². The Hall–Kier alpha value is -1.75. The molecule has 0 saturated carbocycles. The number of benzene rings is 1. The van der Waals surface area contributed by atoms with E-state index in [9.17, 15) is 4.79 Å². The maximum Gasteiger partial charge on any atom is 0.230 e. The van der Waals surface area contributed by atoms with Crippen LogP contribution in [0.1, 0.15) is 41.3 Å². The van der Waals surface area contributed by atoms with Gasteiger partial charge in [0, 0.05) is 11.3 Å². The van der Waals surface area contributed by atoms with Gasteiger partial charge in [-0.1, -0.05) is 6.07 Å². The zero-order valence-corrected chi connectivity index (χ0v) is 14.7. The van der Waals surface area contributed by atoms with E-state index in [4.69, 9.17) is 0 Å². The fraction of sp³-hybridized carbons (Fsp3) is 0.444. The first-order valence-corrected chi connectivity index (χ1v) is 9.42. The van der Waals surface area contributed by atoms with Gasteiger partial charge in [-0.05, 0) is 62.6 Å². The fourth-order valence-corrected chi connectivity index (χ4v) is 3.50. The third-order valence-electron chi connectivity index (χ3n) is 4.53. The van der Waals surface area contributed by atoms with Crippen LogP contribution in [0.25, 0.3) is 5.69 Å². The molecule has 3 rings (SSSR count). The van der Waals surface area contributed by atoms with E-state index in [1.54, 1.807) is 11.8 Å². The van der Waals surface area contributed by atoms with Gasteiger partial charge in [-0.2, -0.15) is 16.9 Å². The molecule has 1 atom stereocenters. The highest BCUT2D eigenvalue weighted by Gasteiger charge is 2.25. The molecule has 0 aliphatic heterocycles. The summed E-state index contributed by atoms with van der Waals surface area (Å²) in [6, 6.07) is 6.53. The van der Waals surface area contributed by atoms with E-state index in [2.05, 4.69) is 42.5 Å². The van der Waals surface area contributed by atoms with Crippen molar-refractivity contribution in [1.82, 2.24) is 15.1 Å². The van der Waals surface area contributed by atoms with Crippen LogP contribution in [0.15, 0.2) is 24.4 Å². The Morgan fingerprint density at radius 1 is 1.39 bits per heavy atom. The molecule has 0 fully saturated rings. The van der Waals surface area contributed by atoms with Crippen LogP contribution in [-0.2, 0) is 11.2 Å². The van der Waals surface area contributed by atoms with Gasteiger partial charge in [0.2, 0.25) is 5.91 Å². The van der Waals surface area contributed by atoms with Crippen LogP contribution in [0.2, 0.25) is 0 Å². The molecule has 1 aromatic heterocycles. The number of fused-ring (bicyclic) bond motifs is 1. The Morgan fingerprint density at radius 3 is 2.96 bits per heavy atom. The minimum atomic E-state index is 0.0960. The average Bonchev–Trinajstić information content (AvgIpc) is 2.95. The van der Waals surface area contributed by atoms with Crippen LogP contribution in [0.4, 0.5) is 0 Å². The van der Waals surface area contributed by atoms with Crippen molar-refractivity contribution in [3.05, 3.63) is 46.8 Å². The number of carbonyl (C=O) groups excluding carboxylic acids is 1. The average molecular weight is 329 g/mol. The number of thioether (sulfide) groups is 1. The summed E-state index contributed by atoms with van der Waals surface area (Å²) >= 11 is 1.55. The van der Waals surface area contributed by atoms with Crippen LogP contribution in [-0.4, -0.2) is 27.7 Å². The number of amides is 1. The molecule has 2 aromatic rings. The summed E-state index contributed by atoms with van der Waals surface area (Å²) in [6.45, 7) is 4.25. The van der Waals surface area contributed by atoms with Crippen molar-refractivity contribution in [2.45, 2.75) is 39.2 Å². The topological polar surface area (TPSA) is 46.9 Å². The molecular weight excluding hydrogens is 306 g/mol. The number of nitrogens with one attached hydrogen (secondary N) is 1. The molecule has 23 heavy (non-hydrogen) atoms. The largest absolute Gasteiger partial charge is 0.348 e. The van der Waals surface area contributed by atoms with Gasteiger partial charge in [0.1, 0.15) is 0 Å². The summed E-state index contributed by atoms with van der Waals surface area (Å²) in [4.78, 5) is 11.9. The lowest BCUT2D eigenvalue weighted by Crippen LogP contribution is -2.32. The number of nitrogens with zero attached hydrogens (tertiary/aromatic N) is 2. The second-order valence-electron chi connectivity index (χ2n) is 6.17. The minimum absolute atomic E-state index is 0.0960. The molecule has 0 spiro atoms. The van der Waals surface area contributed by atoms with Crippen LogP contribution in [0.3, 0.4) is 0 Å². The highest BCUT2D eigenvalue weighted by Crippen LogP contribution is 2.31. The van der Waals surface area contributed by atoms with Gasteiger partial charge >= 0.3 is 0 Å². The van der Waals surface area contributed by atoms with Crippen molar-refractivity contribution in [3.63, 3.8) is 0 Å². The predicted octanol–water partition coefficient (Wildman–Crippen LogP) is 3.35. The molecule has 0 bridgehead atoms. The molecule has 1 aliphatic carbocycles. The van der Waals surface area contributed by atoms with Crippen molar-refractivity contribution in [2.24, 2.45) is 0 Å². The number of carbonyl (C=O) groups is 1. The standard InChI is InChI=1S/C18H23N3OS/c1-12-7-8-14(9-13(12)2)21-17-6-4-5-16(15(17)10-19-21)20-18(22)11-23-3/h7-10,16H,4-6,11H2,1-3H3,(H,20,22). The molecule has 4 nitrogen and oxygen atoms in total. The summed E-state index contributed by atoms with van der Waals surface area (Å²) in [5, 5.41) is 7.75. The molecule has 122 valence electrons. The first kappa shape index (κ1) is 16.1. The summed E-state index contributed by atoms with van der Waals surface area (Å²) in [6.07, 6.45) is 6.95. The van der Waals surface area contributed by atoms with Crippen molar-refractivity contribution in [3.8, 4) is 5.69 Å². The number of rotatable bonds is 4. The van der Waals surface area contributed by atoms with Gasteiger partial charge in [0.25, 0.3) is 0 Å². The van der Waals surface area contributed by atoms with Crippen molar-refractivity contribution in [2.75, 3.05) is 12.0 Å². The van der Waals surface area contributed by atoms with Crippen molar-refractivity contribution < 1.29 is 4.79 Å². The van der Waals surface area contributed by atoms with Gasteiger partial charge in [0.05, 0.1) is 23.7 Å². The summed E-state index contributed by atoms with van der Waals surface area (Å²) in [5.41, 5.74) is 6.06. The summed E-state index contributed by atoms with van der Waals surface area (Å²) in [5.74, 6) is 0.617. The van der Waals surface area contributed by atoms with Crippen LogP contribution in [0, 0.1) is 13.8 Å². The molecule has 1 amide bonds. The number of aromatic nitrogens is 2. The Labute approximate surface area is 141 Å².